The van der Waals surface area contributed by atoms with E-state index in [2.05, 4.69) is 4.72 Å². The van der Waals surface area contributed by atoms with Gasteiger partial charge >= 0.3 is 6.18 Å². The monoisotopic (exact) mass is 365 g/mol. The first-order valence-corrected chi connectivity index (χ1v) is 8.19. The van der Waals surface area contributed by atoms with Gasteiger partial charge < -0.3 is 0 Å². The van der Waals surface area contributed by atoms with E-state index in [0.29, 0.717) is 12.1 Å². The van der Waals surface area contributed by atoms with Crippen LogP contribution in [-0.2, 0) is 22.6 Å². The lowest BCUT2D eigenvalue weighted by Crippen LogP contribution is -2.26. The van der Waals surface area contributed by atoms with Gasteiger partial charge in [0.2, 0.25) is 10.0 Å². The topological polar surface area (TPSA) is 46.2 Å². The lowest BCUT2D eigenvalue weighted by Gasteiger charge is -2.10. The van der Waals surface area contributed by atoms with Crippen molar-refractivity contribution in [1.82, 2.24) is 4.72 Å². The zero-order chi connectivity index (χ0) is 18.0. The molecule has 2 rings (SSSR count). The molecule has 2 aromatic rings. The lowest BCUT2D eigenvalue weighted by atomic mass is 10.1. The van der Waals surface area contributed by atoms with Gasteiger partial charge in [-0.25, -0.2) is 21.9 Å². The van der Waals surface area contributed by atoms with Crippen molar-refractivity contribution >= 4 is 10.0 Å². The number of alkyl halides is 3. The Labute approximate surface area is 135 Å². The molecule has 0 atom stereocenters. The van der Waals surface area contributed by atoms with Crippen LogP contribution in [0.3, 0.4) is 0 Å². The van der Waals surface area contributed by atoms with Crippen LogP contribution in [-0.4, -0.2) is 15.0 Å². The van der Waals surface area contributed by atoms with Gasteiger partial charge in [-0.3, -0.25) is 0 Å². The molecule has 2 aromatic carbocycles. The number of sulfonamides is 1. The van der Waals surface area contributed by atoms with Crippen LogP contribution in [0.4, 0.5) is 22.0 Å². The zero-order valence-electron chi connectivity index (χ0n) is 12.1. The molecule has 0 aliphatic heterocycles. The summed E-state index contributed by atoms with van der Waals surface area (Å²) >= 11 is 0. The Kier molecular flexibility index (Phi) is 5.24. The fourth-order valence-corrected chi connectivity index (χ4v) is 3.00. The van der Waals surface area contributed by atoms with E-state index in [1.54, 1.807) is 0 Å². The number of hydrogen-bond acceptors (Lipinski definition) is 2. The zero-order valence-corrected chi connectivity index (χ0v) is 12.9. The van der Waals surface area contributed by atoms with E-state index < -0.39 is 38.3 Å². The number of hydrogen-bond donors (Lipinski definition) is 1. The lowest BCUT2D eigenvalue weighted by molar-refractivity contribution is -0.137. The fourth-order valence-electron chi connectivity index (χ4n) is 1.96. The Hall–Kier alpha value is -2.00. The largest absolute Gasteiger partial charge is 0.416 e. The maximum atomic E-state index is 13.1. The van der Waals surface area contributed by atoms with Crippen LogP contribution in [0, 0.1) is 11.6 Å². The van der Waals surface area contributed by atoms with Gasteiger partial charge in [-0.05, 0) is 36.2 Å². The van der Waals surface area contributed by atoms with E-state index in [9.17, 15) is 30.4 Å². The van der Waals surface area contributed by atoms with Gasteiger partial charge in [0.05, 0.1) is 10.5 Å². The smallest absolute Gasteiger partial charge is 0.211 e. The number of benzene rings is 2. The third-order valence-electron chi connectivity index (χ3n) is 3.16. The van der Waals surface area contributed by atoms with Gasteiger partial charge in [0.15, 0.2) is 11.6 Å². The van der Waals surface area contributed by atoms with Gasteiger partial charge in [0.1, 0.15) is 0 Å². The summed E-state index contributed by atoms with van der Waals surface area (Å²) in [6, 6.07) is 6.59. The minimum absolute atomic E-state index is 0.00677. The third-order valence-corrected chi connectivity index (χ3v) is 4.62. The van der Waals surface area contributed by atoms with Crippen LogP contribution in [0.1, 0.15) is 11.1 Å². The fraction of sp³-hybridized carbons (Fsp3) is 0.200. The van der Waals surface area contributed by atoms with Crippen molar-refractivity contribution < 1.29 is 30.4 Å². The highest BCUT2D eigenvalue weighted by Gasteiger charge is 2.30. The van der Waals surface area contributed by atoms with Crippen molar-refractivity contribution in [1.29, 1.82) is 0 Å². The quantitative estimate of drug-likeness (QED) is 0.825. The molecule has 24 heavy (non-hydrogen) atoms. The summed E-state index contributed by atoms with van der Waals surface area (Å²) in [6.07, 6.45) is -4.48. The molecule has 0 saturated heterocycles. The summed E-state index contributed by atoms with van der Waals surface area (Å²) < 4.78 is 89.7. The predicted octanol–water partition coefficient (Wildman–Crippen LogP) is 3.50. The summed E-state index contributed by atoms with van der Waals surface area (Å²) in [5, 5.41) is 0. The van der Waals surface area contributed by atoms with Gasteiger partial charge in [0, 0.05) is 6.54 Å². The van der Waals surface area contributed by atoms with Crippen molar-refractivity contribution in [2.75, 3.05) is 6.54 Å². The summed E-state index contributed by atoms with van der Waals surface area (Å²) in [5.41, 5.74) is -0.540. The summed E-state index contributed by atoms with van der Waals surface area (Å²) in [6.45, 7) is -0.192. The van der Waals surface area contributed by atoms with E-state index in [1.807, 2.05) is 0 Å². The molecule has 0 aliphatic rings. The number of halogens is 5. The summed E-state index contributed by atoms with van der Waals surface area (Å²) in [7, 11) is -4.09. The third kappa shape index (κ3) is 4.51. The Morgan fingerprint density at radius 2 is 1.67 bits per heavy atom. The predicted molar refractivity (Wildman–Crippen MR) is 76.7 cm³/mol. The SMILES string of the molecule is O=S(=O)(NCCc1cccc(C(F)(F)F)c1)c1ccc(F)c(F)c1. The first-order valence-electron chi connectivity index (χ1n) is 6.70. The van der Waals surface area contributed by atoms with E-state index >= 15 is 0 Å². The Balaban J connectivity index is 2.04. The molecule has 3 nitrogen and oxygen atoms in total. The molecule has 0 spiro atoms. The molecule has 1 N–H and O–H groups in total. The molecule has 0 aliphatic carbocycles. The van der Waals surface area contributed by atoms with E-state index in [4.69, 9.17) is 0 Å². The van der Waals surface area contributed by atoms with E-state index in [1.165, 1.54) is 12.1 Å². The summed E-state index contributed by atoms with van der Waals surface area (Å²) in [4.78, 5) is -0.467. The number of nitrogens with one attached hydrogen (secondary N) is 1. The second-order valence-electron chi connectivity index (χ2n) is 4.92. The first kappa shape index (κ1) is 18.3. The van der Waals surface area contributed by atoms with Crippen LogP contribution in [0.5, 0.6) is 0 Å². The highest BCUT2D eigenvalue weighted by Crippen LogP contribution is 2.29. The van der Waals surface area contributed by atoms with Gasteiger partial charge in [-0.1, -0.05) is 18.2 Å². The van der Waals surface area contributed by atoms with Crippen LogP contribution in [0.2, 0.25) is 0 Å². The molecular formula is C15H12F5NO2S. The Morgan fingerprint density at radius 3 is 2.29 bits per heavy atom. The van der Waals surface area contributed by atoms with Crippen molar-refractivity contribution in [3.05, 3.63) is 65.2 Å². The molecule has 0 fully saturated rings. The van der Waals surface area contributed by atoms with Crippen molar-refractivity contribution in [3.63, 3.8) is 0 Å². The Bertz CT molecular complexity index is 834. The van der Waals surface area contributed by atoms with Gasteiger partial charge in [-0.15, -0.1) is 0 Å². The minimum atomic E-state index is -4.48. The van der Waals surface area contributed by atoms with Crippen molar-refractivity contribution in [2.45, 2.75) is 17.5 Å². The summed E-state index contributed by atoms with van der Waals surface area (Å²) in [5.74, 6) is -2.49. The molecule has 0 bridgehead atoms. The Morgan fingerprint density at radius 1 is 0.958 bits per heavy atom. The average Bonchev–Trinajstić information content (AvgIpc) is 2.49. The van der Waals surface area contributed by atoms with E-state index in [0.717, 1.165) is 18.2 Å². The molecule has 0 heterocycles. The van der Waals surface area contributed by atoms with Crippen LogP contribution >= 0.6 is 0 Å². The molecule has 0 aromatic heterocycles. The molecule has 0 saturated carbocycles. The normalized spacial score (nSPS) is 12.4. The first-order chi connectivity index (χ1) is 11.1. The maximum absolute atomic E-state index is 13.1. The standard InChI is InChI=1S/C15H12F5NO2S/c16-13-5-4-12(9-14(13)17)24(22,23)21-7-6-10-2-1-3-11(8-10)15(18,19)20/h1-5,8-9,21H,6-7H2. The van der Waals surface area contributed by atoms with Crippen LogP contribution in [0.15, 0.2) is 47.4 Å². The van der Waals surface area contributed by atoms with Crippen molar-refractivity contribution in [3.8, 4) is 0 Å². The molecule has 0 amide bonds. The highest BCUT2D eigenvalue weighted by molar-refractivity contribution is 7.89. The molecular weight excluding hydrogens is 353 g/mol. The second-order valence-corrected chi connectivity index (χ2v) is 6.69. The average molecular weight is 365 g/mol. The van der Waals surface area contributed by atoms with Crippen LogP contribution < -0.4 is 4.72 Å². The molecule has 9 heteroatoms. The van der Waals surface area contributed by atoms with Crippen molar-refractivity contribution in [2.24, 2.45) is 0 Å². The molecule has 0 unspecified atom stereocenters. The van der Waals surface area contributed by atoms with Crippen LogP contribution in [0.25, 0.3) is 0 Å². The van der Waals surface area contributed by atoms with Gasteiger partial charge in [-0.2, -0.15) is 13.2 Å². The van der Waals surface area contributed by atoms with E-state index in [-0.39, 0.29) is 18.5 Å². The minimum Gasteiger partial charge on any atom is -0.211 e. The maximum Gasteiger partial charge on any atom is 0.416 e. The second kappa shape index (κ2) is 6.86. The van der Waals surface area contributed by atoms with Gasteiger partial charge in [0.25, 0.3) is 0 Å². The molecule has 0 radical (unpaired) electrons. The highest BCUT2D eigenvalue weighted by atomic mass is 32.2. The molecule has 130 valence electrons. The number of rotatable bonds is 5.